The van der Waals surface area contributed by atoms with E-state index in [0.717, 1.165) is 18.8 Å². The van der Waals surface area contributed by atoms with Crippen molar-refractivity contribution >= 4 is 22.4 Å². The molecule has 2 N–H and O–H groups in total. The Bertz CT molecular complexity index is 469. The molecule has 3 rings (SSSR count). The largest absolute Gasteiger partial charge is 0.375 e. The van der Waals surface area contributed by atoms with Crippen molar-refractivity contribution in [2.45, 2.75) is 51.4 Å². The third-order valence-electron chi connectivity index (χ3n) is 4.99. The maximum atomic E-state index is 12.3. The third kappa shape index (κ3) is 2.97. The summed E-state index contributed by atoms with van der Waals surface area (Å²) in [5.41, 5.74) is 6.98. The van der Waals surface area contributed by atoms with E-state index in [4.69, 9.17) is 5.73 Å². The molecule has 1 aliphatic carbocycles. The van der Waals surface area contributed by atoms with Crippen LogP contribution in [0.2, 0.25) is 0 Å². The van der Waals surface area contributed by atoms with Crippen LogP contribution < -0.4 is 5.73 Å². The lowest BCUT2D eigenvalue weighted by Gasteiger charge is -2.44. The summed E-state index contributed by atoms with van der Waals surface area (Å²) >= 11 is 1.41. The van der Waals surface area contributed by atoms with E-state index in [1.54, 1.807) is 0 Å². The van der Waals surface area contributed by atoms with Gasteiger partial charge in [-0.05, 0) is 31.1 Å². The van der Waals surface area contributed by atoms with Crippen LogP contribution in [0.3, 0.4) is 0 Å². The van der Waals surface area contributed by atoms with Gasteiger partial charge in [-0.2, -0.15) is 0 Å². The summed E-state index contributed by atoms with van der Waals surface area (Å²) in [6, 6.07) is 0. The molecule has 1 saturated carbocycles. The van der Waals surface area contributed by atoms with Gasteiger partial charge in [-0.3, -0.25) is 4.79 Å². The van der Waals surface area contributed by atoms with E-state index in [-0.39, 0.29) is 5.91 Å². The third-order valence-corrected chi connectivity index (χ3v) is 5.72. The SMILES string of the molecule is Nc1nc(CC(=O)N2CCC3(CCCCC3)CC2)cs1. The fourth-order valence-electron chi connectivity index (χ4n) is 3.70. The van der Waals surface area contributed by atoms with E-state index < -0.39 is 0 Å². The summed E-state index contributed by atoms with van der Waals surface area (Å²) in [6.07, 6.45) is 9.69. The number of hydrogen-bond donors (Lipinski definition) is 1. The second-order valence-electron chi connectivity index (χ2n) is 6.30. The van der Waals surface area contributed by atoms with E-state index in [9.17, 15) is 4.79 Å². The average molecular weight is 293 g/mol. The Kier molecular flexibility index (Phi) is 3.96. The molecule has 1 aromatic heterocycles. The summed E-state index contributed by atoms with van der Waals surface area (Å²) in [5.74, 6) is 0.209. The highest BCUT2D eigenvalue weighted by Crippen LogP contribution is 2.44. The number of carbonyl (C=O) groups is 1. The zero-order valence-electron chi connectivity index (χ0n) is 11.9. The van der Waals surface area contributed by atoms with E-state index in [0.29, 0.717) is 17.0 Å². The maximum absolute atomic E-state index is 12.3. The zero-order chi connectivity index (χ0) is 14.0. The molecule has 1 spiro atoms. The predicted octanol–water partition coefficient (Wildman–Crippen LogP) is 2.84. The normalized spacial score (nSPS) is 22.1. The Morgan fingerprint density at radius 2 is 1.95 bits per heavy atom. The first-order valence-electron chi connectivity index (χ1n) is 7.65. The van der Waals surface area contributed by atoms with Gasteiger partial charge in [0.05, 0.1) is 12.1 Å². The van der Waals surface area contributed by atoms with Crippen LogP contribution in [0.15, 0.2) is 5.38 Å². The highest BCUT2D eigenvalue weighted by molar-refractivity contribution is 7.13. The highest BCUT2D eigenvalue weighted by atomic mass is 32.1. The molecule has 0 bridgehead atoms. The molecule has 20 heavy (non-hydrogen) atoms. The fourth-order valence-corrected chi connectivity index (χ4v) is 4.27. The molecule has 1 saturated heterocycles. The number of piperidine rings is 1. The van der Waals surface area contributed by atoms with Gasteiger partial charge in [-0.1, -0.05) is 19.3 Å². The second-order valence-corrected chi connectivity index (χ2v) is 7.18. The minimum atomic E-state index is 0.209. The minimum absolute atomic E-state index is 0.209. The van der Waals surface area contributed by atoms with E-state index >= 15 is 0 Å². The van der Waals surface area contributed by atoms with Crippen molar-refractivity contribution in [1.82, 2.24) is 9.88 Å². The number of likely N-dealkylation sites (tertiary alicyclic amines) is 1. The molecule has 4 nitrogen and oxygen atoms in total. The second kappa shape index (κ2) is 5.72. The molecule has 1 aliphatic heterocycles. The Labute approximate surface area is 124 Å². The monoisotopic (exact) mass is 293 g/mol. The average Bonchev–Trinajstić information content (AvgIpc) is 2.86. The quantitative estimate of drug-likeness (QED) is 0.912. The number of hydrogen-bond acceptors (Lipinski definition) is 4. The van der Waals surface area contributed by atoms with E-state index in [1.807, 2.05) is 10.3 Å². The number of amides is 1. The maximum Gasteiger partial charge on any atom is 0.228 e. The standard InChI is InChI=1S/C15H23N3OS/c16-14-17-12(11-20-14)10-13(19)18-8-6-15(7-9-18)4-2-1-3-5-15/h11H,1-10H2,(H2,16,17). The first kappa shape index (κ1) is 13.9. The van der Waals surface area contributed by atoms with Gasteiger partial charge in [0.15, 0.2) is 5.13 Å². The van der Waals surface area contributed by atoms with Gasteiger partial charge in [-0.25, -0.2) is 4.98 Å². The van der Waals surface area contributed by atoms with Crippen LogP contribution in [0.5, 0.6) is 0 Å². The molecule has 2 aliphatic rings. The smallest absolute Gasteiger partial charge is 0.228 e. The molecule has 0 radical (unpaired) electrons. The van der Waals surface area contributed by atoms with Crippen LogP contribution >= 0.6 is 11.3 Å². The lowest BCUT2D eigenvalue weighted by Crippen LogP contribution is -2.44. The zero-order valence-corrected chi connectivity index (χ0v) is 12.8. The van der Waals surface area contributed by atoms with Crippen molar-refractivity contribution in [3.05, 3.63) is 11.1 Å². The van der Waals surface area contributed by atoms with Gasteiger partial charge in [0.25, 0.3) is 0 Å². The fraction of sp³-hybridized carbons (Fsp3) is 0.733. The Balaban J connectivity index is 1.53. The molecule has 2 fully saturated rings. The number of nitrogen functional groups attached to an aromatic ring is 1. The van der Waals surface area contributed by atoms with Crippen molar-refractivity contribution in [3.63, 3.8) is 0 Å². The first-order valence-corrected chi connectivity index (χ1v) is 8.53. The van der Waals surface area contributed by atoms with Gasteiger partial charge >= 0.3 is 0 Å². The predicted molar refractivity (Wildman–Crippen MR) is 81.6 cm³/mol. The summed E-state index contributed by atoms with van der Waals surface area (Å²) in [4.78, 5) is 18.5. The Morgan fingerprint density at radius 1 is 1.25 bits per heavy atom. The molecule has 0 atom stereocenters. The van der Waals surface area contributed by atoms with E-state index in [2.05, 4.69) is 4.98 Å². The van der Waals surface area contributed by atoms with E-state index in [1.165, 1.54) is 56.3 Å². The topological polar surface area (TPSA) is 59.2 Å². The molecule has 0 unspecified atom stereocenters. The van der Waals surface area contributed by atoms with Gasteiger partial charge in [-0.15, -0.1) is 11.3 Å². The number of nitrogens with zero attached hydrogens (tertiary/aromatic N) is 2. The summed E-state index contributed by atoms with van der Waals surface area (Å²) in [7, 11) is 0. The van der Waals surface area contributed by atoms with Crippen molar-refractivity contribution in [2.24, 2.45) is 5.41 Å². The van der Waals surface area contributed by atoms with Crippen LogP contribution in [-0.2, 0) is 11.2 Å². The van der Waals surface area contributed by atoms with Crippen LogP contribution in [0, 0.1) is 5.41 Å². The van der Waals surface area contributed by atoms with Crippen molar-refractivity contribution in [2.75, 3.05) is 18.8 Å². The van der Waals surface area contributed by atoms with Gasteiger partial charge in [0.1, 0.15) is 0 Å². The number of nitrogens with two attached hydrogens (primary N) is 1. The van der Waals surface area contributed by atoms with Gasteiger partial charge < -0.3 is 10.6 Å². The number of anilines is 1. The van der Waals surface area contributed by atoms with Crippen LogP contribution in [0.1, 0.15) is 50.6 Å². The van der Waals surface area contributed by atoms with Crippen molar-refractivity contribution < 1.29 is 4.79 Å². The Morgan fingerprint density at radius 3 is 2.55 bits per heavy atom. The first-order chi connectivity index (χ1) is 9.67. The van der Waals surface area contributed by atoms with Gasteiger partial charge in [0.2, 0.25) is 5.91 Å². The van der Waals surface area contributed by atoms with Crippen LogP contribution in [0.25, 0.3) is 0 Å². The summed E-state index contributed by atoms with van der Waals surface area (Å²) < 4.78 is 0. The minimum Gasteiger partial charge on any atom is -0.375 e. The lowest BCUT2D eigenvalue weighted by atomic mass is 9.68. The molecular weight excluding hydrogens is 270 g/mol. The number of thiazole rings is 1. The molecule has 0 aromatic carbocycles. The summed E-state index contributed by atoms with van der Waals surface area (Å²) in [6.45, 7) is 1.86. The molecule has 5 heteroatoms. The van der Waals surface area contributed by atoms with Crippen LogP contribution in [-0.4, -0.2) is 28.9 Å². The van der Waals surface area contributed by atoms with Gasteiger partial charge in [0, 0.05) is 18.5 Å². The molecule has 1 aromatic rings. The Hall–Kier alpha value is -1.10. The van der Waals surface area contributed by atoms with Crippen LogP contribution in [0.4, 0.5) is 5.13 Å². The molecule has 2 heterocycles. The van der Waals surface area contributed by atoms with Crippen molar-refractivity contribution in [1.29, 1.82) is 0 Å². The van der Waals surface area contributed by atoms with Crippen molar-refractivity contribution in [3.8, 4) is 0 Å². The number of rotatable bonds is 2. The molecular formula is C15H23N3OS. The number of aromatic nitrogens is 1. The number of carbonyl (C=O) groups excluding carboxylic acids is 1. The molecule has 110 valence electrons. The highest BCUT2D eigenvalue weighted by Gasteiger charge is 2.36. The molecule has 1 amide bonds. The lowest BCUT2D eigenvalue weighted by molar-refractivity contribution is -0.133. The summed E-state index contributed by atoms with van der Waals surface area (Å²) in [5, 5.41) is 2.44.